The molecule has 9 heavy (non-hydrogen) atoms. The maximum absolute atomic E-state index is 10.7. The summed E-state index contributed by atoms with van der Waals surface area (Å²) in [6.45, 7) is -2.15. The summed E-state index contributed by atoms with van der Waals surface area (Å²) >= 11 is 0. The Hall–Kier alpha value is 0.140. The van der Waals surface area contributed by atoms with Gasteiger partial charge >= 0.3 is 5.97 Å². The minimum Gasteiger partial charge on any atom is -0.475 e. The summed E-state index contributed by atoms with van der Waals surface area (Å²) in [4.78, 5) is 20.7. The second-order valence-electron chi connectivity index (χ2n) is 1.26. The molecule has 4 heteroatoms. The molecule has 0 aliphatic heterocycles. The van der Waals surface area contributed by atoms with Gasteiger partial charge in [-0.05, 0) is 0 Å². The van der Waals surface area contributed by atoms with Crippen LogP contribution in [0.25, 0.3) is 0 Å². The van der Waals surface area contributed by atoms with Gasteiger partial charge in [-0.1, -0.05) is 13.8 Å². The Bertz CT molecular complexity index is 222. The van der Waals surface area contributed by atoms with Gasteiger partial charge in [-0.25, -0.2) is 4.79 Å². The molecular formula is C5H8NaO3. The molecule has 0 spiro atoms. The van der Waals surface area contributed by atoms with E-state index in [1.807, 2.05) is 0 Å². The number of carboxylic acid groups (broad SMARTS) is 1. The third kappa shape index (κ3) is 4.63. The predicted molar refractivity (Wildman–Crippen MR) is 33.2 cm³/mol. The van der Waals surface area contributed by atoms with Crippen molar-refractivity contribution in [1.29, 1.82) is 0 Å². The Labute approximate surface area is 81.3 Å². The summed E-state index contributed by atoms with van der Waals surface area (Å²) in [6.07, 6.45) is 0. The van der Waals surface area contributed by atoms with E-state index in [9.17, 15) is 9.59 Å². The number of hydrogen-bond donors (Lipinski definition) is 1. The van der Waals surface area contributed by atoms with Crippen LogP contribution in [0.3, 0.4) is 0 Å². The van der Waals surface area contributed by atoms with Crippen molar-refractivity contribution in [3.63, 3.8) is 0 Å². The predicted octanol–water partition coefficient (Wildman–Crippen LogP) is -0.0847. The number of aliphatic carboxylic acids is 1. The van der Waals surface area contributed by atoms with Crippen LogP contribution in [-0.4, -0.2) is 46.4 Å². The van der Waals surface area contributed by atoms with Crippen molar-refractivity contribution in [3.05, 3.63) is 0 Å². The van der Waals surface area contributed by atoms with Gasteiger partial charge in [0.25, 0.3) is 0 Å². The topological polar surface area (TPSA) is 54.4 Å². The van der Waals surface area contributed by atoms with E-state index in [-0.39, 0.29) is 29.6 Å². The smallest absolute Gasteiger partial charge is 0.372 e. The van der Waals surface area contributed by atoms with E-state index < -0.39 is 24.5 Å². The third-order valence-corrected chi connectivity index (χ3v) is 0.535. The molecule has 0 rings (SSSR count). The monoisotopic (exact) mass is 147 g/mol. The van der Waals surface area contributed by atoms with Crippen molar-refractivity contribution in [1.82, 2.24) is 0 Å². The van der Waals surface area contributed by atoms with Crippen molar-refractivity contribution >= 4 is 41.3 Å². The van der Waals surface area contributed by atoms with Crippen molar-refractivity contribution in [2.45, 2.75) is 13.8 Å². The molecular weight excluding hydrogens is 135 g/mol. The van der Waals surface area contributed by atoms with Gasteiger partial charge in [0, 0.05) is 40.9 Å². The molecule has 0 aliphatic rings. The molecule has 0 fully saturated rings. The zero-order valence-corrected chi connectivity index (χ0v) is 7.26. The van der Waals surface area contributed by atoms with Crippen molar-refractivity contribution in [2.75, 3.05) is 0 Å². The summed E-state index contributed by atoms with van der Waals surface area (Å²) in [7, 11) is 0. The van der Waals surface area contributed by atoms with E-state index in [1.165, 1.54) is 0 Å². The summed E-state index contributed by atoms with van der Waals surface area (Å²) < 4.78 is 27.2. The van der Waals surface area contributed by atoms with Crippen LogP contribution in [0.4, 0.5) is 0 Å². The summed E-state index contributed by atoms with van der Waals surface area (Å²) in [5.74, 6) is -6.09. The standard InChI is InChI=1S/C5H8O3.Na/c1-3(2)4(6)5(7)8;/h3H,1-2H3,(H,7,8);/i1D3,2+1,3+1D,4+1,5+1;. The Kier molecular flexibility index (Phi) is 2.69. The second-order valence-corrected chi connectivity index (χ2v) is 1.26. The van der Waals surface area contributed by atoms with Gasteiger partial charge in [0.15, 0.2) is 0 Å². The number of ketones is 1. The summed E-state index contributed by atoms with van der Waals surface area (Å²) in [5.41, 5.74) is 0. The minimum absolute atomic E-state index is 0. The fourth-order valence-corrected chi connectivity index (χ4v) is 0.160. The molecule has 0 saturated carbocycles. The fraction of sp³-hybridized carbons (Fsp3) is 0.600. The van der Waals surface area contributed by atoms with E-state index in [2.05, 4.69) is 0 Å². The van der Waals surface area contributed by atoms with Crippen LogP contribution in [0.15, 0.2) is 0 Å². The van der Waals surface area contributed by atoms with E-state index in [1.54, 1.807) is 0 Å². The zero-order valence-electron chi connectivity index (χ0n) is 9.26. The SMILES string of the molecule is [2H]C([2H])([2H])[13C]([2H])([13CH3])[13C](=O)[13C](=O)O.[Na]. The molecule has 0 amide bonds. The van der Waals surface area contributed by atoms with Gasteiger partial charge in [0.05, 0.1) is 0 Å². The van der Waals surface area contributed by atoms with Crippen LogP contribution in [0.5, 0.6) is 0 Å². The minimum atomic E-state index is -2.91. The molecule has 47 valence electrons. The summed E-state index contributed by atoms with van der Waals surface area (Å²) in [5, 5.41) is 8.16. The molecule has 1 atom stereocenters. The molecule has 0 aliphatic carbocycles. The second kappa shape index (κ2) is 4.97. The first-order valence-electron chi connectivity index (χ1n) is 3.88. The van der Waals surface area contributed by atoms with Crippen LogP contribution in [0, 0.1) is 5.89 Å². The Morgan fingerprint density at radius 1 is 1.78 bits per heavy atom. The van der Waals surface area contributed by atoms with E-state index in [4.69, 9.17) is 10.6 Å². The van der Waals surface area contributed by atoms with Crippen molar-refractivity contribution in [2.24, 2.45) is 5.89 Å². The maximum atomic E-state index is 10.7. The van der Waals surface area contributed by atoms with Gasteiger partial charge in [-0.15, -0.1) is 0 Å². The Morgan fingerprint density at radius 2 is 2.22 bits per heavy atom. The molecule has 1 radical (unpaired) electrons. The molecule has 0 heterocycles. The van der Waals surface area contributed by atoms with E-state index >= 15 is 0 Å². The van der Waals surface area contributed by atoms with Gasteiger partial charge in [0.1, 0.15) is 0 Å². The van der Waals surface area contributed by atoms with E-state index in [0.717, 1.165) is 6.92 Å². The number of hydrogen-bond acceptors (Lipinski definition) is 2. The number of carbonyl (C=O) groups is 2. The first-order chi connectivity index (χ1) is 5.10. The number of carbonyl (C=O) groups excluding carboxylic acids is 1. The van der Waals surface area contributed by atoms with E-state index in [0.29, 0.717) is 0 Å². The largest absolute Gasteiger partial charge is 0.475 e. The molecule has 0 aromatic heterocycles. The van der Waals surface area contributed by atoms with Gasteiger partial charge in [0.2, 0.25) is 5.78 Å². The van der Waals surface area contributed by atoms with Crippen LogP contribution in [0.2, 0.25) is 0 Å². The van der Waals surface area contributed by atoms with Crippen molar-refractivity contribution < 1.29 is 20.2 Å². The fourth-order valence-electron chi connectivity index (χ4n) is 0.160. The average molecular weight is 147 g/mol. The van der Waals surface area contributed by atoms with Crippen LogP contribution in [0.1, 0.15) is 19.3 Å². The molecule has 0 bridgehead atoms. The first kappa shape index (κ1) is 4.88. The van der Waals surface area contributed by atoms with Crippen LogP contribution in [-0.2, 0) is 9.59 Å². The normalized spacial score (nSPS) is 22.8. The quantitative estimate of drug-likeness (QED) is 0.337. The van der Waals surface area contributed by atoms with Crippen molar-refractivity contribution in [3.8, 4) is 0 Å². The number of carboxylic acids is 1. The molecule has 0 saturated heterocycles. The van der Waals surface area contributed by atoms with Gasteiger partial charge in [-0.2, -0.15) is 0 Å². The van der Waals surface area contributed by atoms with Gasteiger partial charge in [-0.3, -0.25) is 4.79 Å². The Balaban J connectivity index is 0. The molecule has 0 aromatic rings. The van der Waals surface area contributed by atoms with Gasteiger partial charge < -0.3 is 5.11 Å². The molecule has 3 nitrogen and oxygen atoms in total. The number of rotatable bonds is 2. The van der Waals surface area contributed by atoms with Crippen LogP contribution < -0.4 is 0 Å². The third-order valence-electron chi connectivity index (χ3n) is 0.535. The first-order valence-corrected chi connectivity index (χ1v) is 1.88. The number of Topliss-reactive ketones (excluding diaryl/α,β-unsaturated/α-hetero) is 1. The Morgan fingerprint density at radius 3 is 2.33 bits per heavy atom. The molecule has 1 unspecified atom stereocenters. The molecule has 1 N–H and O–H groups in total. The summed E-state index contributed by atoms with van der Waals surface area (Å²) in [6, 6.07) is 0. The maximum Gasteiger partial charge on any atom is 0.372 e. The zero-order chi connectivity index (χ0) is 10.2. The average Bonchev–Trinajstić information content (AvgIpc) is 1.83. The molecule has 0 aromatic carbocycles. The van der Waals surface area contributed by atoms with Crippen LogP contribution >= 0.6 is 0 Å².